The molecule has 0 aromatic carbocycles. The van der Waals surface area contributed by atoms with E-state index in [9.17, 15) is 0 Å². The van der Waals surface area contributed by atoms with E-state index in [2.05, 4.69) is 50.3 Å². The predicted molar refractivity (Wildman–Crippen MR) is 104 cm³/mol. The van der Waals surface area contributed by atoms with Crippen molar-refractivity contribution in [3.63, 3.8) is 0 Å². The Hall–Kier alpha value is -0.780. The molecular weight excluding hydrogens is 276 g/mol. The second-order valence-electron chi connectivity index (χ2n) is 7.82. The first kappa shape index (κ1) is 18.6. The van der Waals surface area contributed by atoms with Gasteiger partial charge in [-0.3, -0.25) is 0 Å². The zero-order chi connectivity index (χ0) is 16.3. The topological polar surface area (TPSA) is 0 Å². The number of hydrogen-bond donors (Lipinski definition) is 0. The van der Waals surface area contributed by atoms with Crippen LogP contribution in [0.4, 0.5) is 0 Å². The van der Waals surface area contributed by atoms with Crippen molar-refractivity contribution in [2.24, 2.45) is 23.7 Å². The van der Waals surface area contributed by atoms with Crippen molar-refractivity contribution in [3.8, 4) is 0 Å². The Morgan fingerprint density at radius 3 is 1.78 bits per heavy atom. The first-order chi connectivity index (χ1) is 11.3. The van der Waals surface area contributed by atoms with Crippen LogP contribution >= 0.6 is 0 Å². The highest BCUT2D eigenvalue weighted by molar-refractivity contribution is 4.96. The van der Waals surface area contributed by atoms with Crippen LogP contribution in [0.5, 0.6) is 0 Å². The van der Waals surface area contributed by atoms with E-state index in [1.807, 2.05) is 0 Å². The van der Waals surface area contributed by atoms with Crippen molar-refractivity contribution in [2.45, 2.75) is 84.5 Å². The van der Waals surface area contributed by atoms with Crippen molar-refractivity contribution in [3.05, 3.63) is 36.5 Å². The Morgan fingerprint density at radius 2 is 1.22 bits per heavy atom. The van der Waals surface area contributed by atoms with Crippen LogP contribution in [-0.2, 0) is 0 Å². The first-order valence-corrected chi connectivity index (χ1v) is 10.3. The summed E-state index contributed by atoms with van der Waals surface area (Å²) < 4.78 is 0. The van der Waals surface area contributed by atoms with Crippen LogP contribution in [0.3, 0.4) is 0 Å². The molecule has 0 unspecified atom stereocenters. The third-order valence-electron chi connectivity index (χ3n) is 5.97. The molecule has 0 heteroatoms. The molecule has 0 radical (unpaired) electrons. The summed E-state index contributed by atoms with van der Waals surface area (Å²) in [5.41, 5.74) is 0. The lowest BCUT2D eigenvalue weighted by Gasteiger charge is -2.26. The highest BCUT2D eigenvalue weighted by Crippen LogP contribution is 2.33. The molecule has 0 saturated heterocycles. The summed E-state index contributed by atoms with van der Waals surface area (Å²) in [6.07, 6.45) is 29.8. The molecule has 0 aromatic rings. The molecule has 0 atom stereocenters. The summed E-state index contributed by atoms with van der Waals surface area (Å²) in [4.78, 5) is 0. The third-order valence-corrected chi connectivity index (χ3v) is 5.97. The van der Waals surface area contributed by atoms with Crippen LogP contribution in [0.25, 0.3) is 0 Å². The SMILES string of the molecule is C/C=C/C1CCC(/C=C/CCC2CCC(/C=C/CC)CC2)CC1. The zero-order valence-electron chi connectivity index (χ0n) is 15.6. The van der Waals surface area contributed by atoms with Crippen LogP contribution in [0, 0.1) is 23.7 Å². The minimum atomic E-state index is 0.863. The average Bonchev–Trinajstić information content (AvgIpc) is 2.59. The molecule has 130 valence electrons. The fourth-order valence-electron chi connectivity index (χ4n) is 4.42. The maximum Gasteiger partial charge on any atom is -0.0233 e. The highest BCUT2D eigenvalue weighted by atomic mass is 14.2. The van der Waals surface area contributed by atoms with Gasteiger partial charge in [-0.05, 0) is 101 Å². The number of allylic oxidation sites excluding steroid dienone is 6. The molecule has 2 rings (SSSR count). The van der Waals surface area contributed by atoms with Crippen molar-refractivity contribution >= 4 is 0 Å². The summed E-state index contributed by atoms with van der Waals surface area (Å²) in [6.45, 7) is 4.39. The number of hydrogen-bond acceptors (Lipinski definition) is 0. The van der Waals surface area contributed by atoms with E-state index in [0.717, 1.165) is 23.7 Å². The lowest BCUT2D eigenvalue weighted by Crippen LogP contribution is -2.13. The van der Waals surface area contributed by atoms with Gasteiger partial charge in [-0.1, -0.05) is 43.4 Å². The van der Waals surface area contributed by atoms with Crippen molar-refractivity contribution in [2.75, 3.05) is 0 Å². The smallest absolute Gasteiger partial charge is 0.0233 e. The maximum atomic E-state index is 2.54. The van der Waals surface area contributed by atoms with Crippen LogP contribution in [0.1, 0.15) is 84.5 Å². The summed E-state index contributed by atoms with van der Waals surface area (Å²) in [5.74, 6) is 3.61. The standard InChI is InChI=1S/C23H38/c1-3-5-9-21-16-18-23(19-17-21)11-7-6-10-22-14-12-20(8-4-2)13-15-22/h4-6,8-10,20-23H,3,7,11-19H2,1-2H3/b8-4+,9-5+,10-6+. The van der Waals surface area contributed by atoms with Gasteiger partial charge < -0.3 is 0 Å². The van der Waals surface area contributed by atoms with Crippen LogP contribution in [-0.4, -0.2) is 0 Å². The summed E-state index contributed by atoms with van der Waals surface area (Å²) in [7, 11) is 0. The van der Waals surface area contributed by atoms with Crippen molar-refractivity contribution in [1.29, 1.82) is 0 Å². The molecule has 0 N–H and O–H groups in total. The van der Waals surface area contributed by atoms with E-state index in [1.165, 1.54) is 70.6 Å². The van der Waals surface area contributed by atoms with Gasteiger partial charge >= 0.3 is 0 Å². The van der Waals surface area contributed by atoms with Crippen LogP contribution in [0.2, 0.25) is 0 Å². The molecule has 0 nitrogen and oxygen atoms in total. The van der Waals surface area contributed by atoms with E-state index in [-0.39, 0.29) is 0 Å². The molecule has 0 aromatic heterocycles. The second kappa shape index (κ2) is 10.9. The molecule has 0 amide bonds. The minimum Gasteiger partial charge on any atom is -0.0914 e. The largest absolute Gasteiger partial charge is 0.0914 e. The van der Waals surface area contributed by atoms with Gasteiger partial charge in [0.05, 0.1) is 0 Å². The third kappa shape index (κ3) is 7.10. The van der Waals surface area contributed by atoms with E-state index in [0.29, 0.717) is 0 Å². The molecule has 2 aliphatic rings. The van der Waals surface area contributed by atoms with Crippen LogP contribution in [0.15, 0.2) is 36.5 Å². The molecule has 2 fully saturated rings. The van der Waals surface area contributed by atoms with E-state index >= 15 is 0 Å². The summed E-state index contributed by atoms with van der Waals surface area (Å²) >= 11 is 0. The monoisotopic (exact) mass is 314 g/mol. The Balaban J connectivity index is 1.56. The fourth-order valence-corrected chi connectivity index (χ4v) is 4.42. The molecule has 0 bridgehead atoms. The zero-order valence-corrected chi connectivity index (χ0v) is 15.6. The second-order valence-corrected chi connectivity index (χ2v) is 7.82. The van der Waals surface area contributed by atoms with E-state index in [1.54, 1.807) is 0 Å². The van der Waals surface area contributed by atoms with Gasteiger partial charge in [0.2, 0.25) is 0 Å². The maximum absolute atomic E-state index is 2.54. The summed E-state index contributed by atoms with van der Waals surface area (Å²) in [6, 6.07) is 0. The van der Waals surface area contributed by atoms with Gasteiger partial charge in [0.25, 0.3) is 0 Å². The highest BCUT2D eigenvalue weighted by Gasteiger charge is 2.19. The van der Waals surface area contributed by atoms with Crippen LogP contribution < -0.4 is 0 Å². The van der Waals surface area contributed by atoms with Gasteiger partial charge in [-0.15, -0.1) is 0 Å². The molecule has 0 spiro atoms. The predicted octanol–water partition coefficient (Wildman–Crippen LogP) is 7.48. The Morgan fingerprint density at radius 1 is 0.696 bits per heavy atom. The van der Waals surface area contributed by atoms with Crippen molar-refractivity contribution < 1.29 is 0 Å². The molecule has 0 heterocycles. The van der Waals surface area contributed by atoms with Gasteiger partial charge in [0.15, 0.2) is 0 Å². The summed E-state index contributed by atoms with van der Waals surface area (Å²) in [5, 5.41) is 0. The lowest BCUT2D eigenvalue weighted by atomic mass is 9.79. The lowest BCUT2D eigenvalue weighted by molar-refractivity contribution is 0.297. The van der Waals surface area contributed by atoms with E-state index < -0.39 is 0 Å². The quantitative estimate of drug-likeness (QED) is 0.427. The molecule has 2 aliphatic carbocycles. The molecule has 23 heavy (non-hydrogen) atoms. The fraction of sp³-hybridized carbons (Fsp3) is 0.739. The minimum absolute atomic E-state index is 0.863. The van der Waals surface area contributed by atoms with Gasteiger partial charge in [0, 0.05) is 0 Å². The normalized spacial score (nSPS) is 33.1. The Kier molecular flexibility index (Phi) is 8.79. The molecule has 2 saturated carbocycles. The average molecular weight is 315 g/mol. The Labute approximate surface area is 145 Å². The first-order valence-electron chi connectivity index (χ1n) is 10.3. The van der Waals surface area contributed by atoms with Gasteiger partial charge in [-0.25, -0.2) is 0 Å². The van der Waals surface area contributed by atoms with E-state index in [4.69, 9.17) is 0 Å². The number of rotatable bonds is 7. The van der Waals surface area contributed by atoms with Crippen molar-refractivity contribution in [1.82, 2.24) is 0 Å². The molecule has 0 aliphatic heterocycles. The van der Waals surface area contributed by atoms with Gasteiger partial charge in [0.1, 0.15) is 0 Å². The Bertz CT molecular complexity index is 371. The van der Waals surface area contributed by atoms with Gasteiger partial charge in [-0.2, -0.15) is 0 Å². The molecular formula is C23H38.